The predicted octanol–water partition coefficient (Wildman–Crippen LogP) is 17.1. The maximum absolute atomic E-state index is 2.52. The van der Waals surface area contributed by atoms with Crippen molar-refractivity contribution in [3.8, 4) is 27.9 Å². The van der Waals surface area contributed by atoms with Gasteiger partial charge in [-0.15, -0.1) is 0 Å². The second kappa shape index (κ2) is 14.2. The first-order chi connectivity index (χ1) is 30.0. The highest BCUT2D eigenvalue weighted by Gasteiger charge is 2.26. The van der Waals surface area contributed by atoms with Crippen molar-refractivity contribution in [1.82, 2.24) is 4.57 Å². The van der Waals surface area contributed by atoms with Gasteiger partial charge in [0.2, 0.25) is 0 Å². The predicted molar refractivity (Wildman–Crippen MR) is 267 cm³/mol. The highest BCUT2D eigenvalue weighted by molar-refractivity contribution is 6.27. The fourth-order valence-electron chi connectivity index (χ4n) is 9.77. The van der Waals surface area contributed by atoms with E-state index in [1.54, 1.807) is 0 Å². The Morgan fingerprint density at radius 1 is 0.371 bits per heavy atom. The molecular weight excluding hydrogens is 749 g/mol. The van der Waals surface area contributed by atoms with Gasteiger partial charge in [-0.1, -0.05) is 193 Å². The number of hydrogen-bond acceptors (Lipinski definition) is 1. The first kappa shape index (κ1) is 37.8. The topological polar surface area (TPSA) is 8.17 Å². The molecule has 0 atom stereocenters. The molecular formula is C60H50N2. The number of anilines is 3. The molecule has 1 aromatic heterocycles. The Morgan fingerprint density at radius 3 is 1.60 bits per heavy atom. The number of hydrogen-bond donors (Lipinski definition) is 0. The Balaban J connectivity index is 1.20. The lowest BCUT2D eigenvalue weighted by Gasteiger charge is -2.31. The lowest BCUT2D eigenvalue weighted by Crippen LogP contribution is -2.17. The van der Waals surface area contributed by atoms with E-state index in [1.165, 1.54) is 93.2 Å². The van der Waals surface area contributed by atoms with Crippen LogP contribution in [0.15, 0.2) is 194 Å². The number of nitrogens with zero attached hydrogens (tertiary/aromatic N) is 2. The molecule has 0 spiro atoms. The second-order valence-electron chi connectivity index (χ2n) is 19.0. The van der Waals surface area contributed by atoms with E-state index in [0.29, 0.717) is 0 Å². The molecule has 0 radical (unpaired) electrons. The van der Waals surface area contributed by atoms with Crippen LogP contribution >= 0.6 is 0 Å². The monoisotopic (exact) mass is 798 g/mol. The van der Waals surface area contributed by atoms with Crippen molar-refractivity contribution >= 4 is 71.2 Å². The van der Waals surface area contributed by atoms with Crippen LogP contribution in [0.1, 0.15) is 52.7 Å². The van der Waals surface area contributed by atoms with E-state index in [4.69, 9.17) is 0 Å². The van der Waals surface area contributed by atoms with E-state index in [2.05, 4.69) is 245 Å². The van der Waals surface area contributed by atoms with Crippen molar-refractivity contribution in [2.24, 2.45) is 0 Å². The maximum atomic E-state index is 2.52. The van der Waals surface area contributed by atoms with Gasteiger partial charge in [0, 0.05) is 32.8 Å². The lowest BCUT2D eigenvalue weighted by atomic mass is 9.78. The molecule has 0 saturated heterocycles. The van der Waals surface area contributed by atoms with E-state index in [1.807, 2.05) is 0 Å². The van der Waals surface area contributed by atoms with Crippen LogP contribution in [0, 0.1) is 0 Å². The Hall–Kier alpha value is -7.16. The van der Waals surface area contributed by atoms with Crippen molar-refractivity contribution in [3.05, 3.63) is 205 Å². The number of rotatable bonds is 6. The maximum Gasteiger partial charge on any atom is 0.0541 e. The minimum atomic E-state index is -0.0151. The summed E-state index contributed by atoms with van der Waals surface area (Å²) in [5.74, 6) is 0. The highest BCUT2D eigenvalue weighted by atomic mass is 15.1. The van der Waals surface area contributed by atoms with Gasteiger partial charge >= 0.3 is 0 Å². The molecule has 62 heavy (non-hydrogen) atoms. The quantitative estimate of drug-likeness (QED) is 0.152. The van der Waals surface area contributed by atoms with Crippen molar-refractivity contribution in [2.45, 2.75) is 52.4 Å². The first-order valence-corrected chi connectivity index (χ1v) is 21.9. The first-order valence-electron chi connectivity index (χ1n) is 21.9. The summed E-state index contributed by atoms with van der Waals surface area (Å²) in [6.07, 6.45) is 0. The number of para-hydroxylation sites is 3. The average molecular weight is 799 g/mol. The molecule has 0 bridgehead atoms. The van der Waals surface area contributed by atoms with Crippen LogP contribution in [0.25, 0.3) is 82.1 Å². The fraction of sp³-hybridized carbons (Fsp3) is 0.133. The number of aromatic nitrogens is 1. The molecule has 0 aliphatic carbocycles. The molecule has 0 fully saturated rings. The minimum Gasteiger partial charge on any atom is -0.309 e. The van der Waals surface area contributed by atoms with Crippen LogP contribution in [0.3, 0.4) is 0 Å². The van der Waals surface area contributed by atoms with Gasteiger partial charge in [0.25, 0.3) is 0 Å². The standard InChI is InChI=1S/C60H50N2/c1-59(2,3)44-35-43(36-45(38-44)60(4,5)6)47-21-10-13-24-52(47)61(46-20-16-19-42(37-46)39-17-8-7-9-18-39)55-33-29-40-28-32-51-56(34-30-41-27-31-50(55)57(40)58(41)51)62-53-25-14-11-22-48(53)49-23-12-15-26-54(49)62/h7-38H,1-6H3. The molecule has 2 heteroatoms. The summed E-state index contributed by atoms with van der Waals surface area (Å²) in [6, 6.07) is 72.4. The van der Waals surface area contributed by atoms with E-state index in [9.17, 15) is 0 Å². The van der Waals surface area contributed by atoms with Crippen LogP contribution in [0.2, 0.25) is 0 Å². The van der Waals surface area contributed by atoms with Gasteiger partial charge in [-0.3, -0.25) is 0 Å². The van der Waals surface area contributed by atoms with Gasteiger partial charge in [-0.2, -0.15) is 0 Å². The third-order valence-corrected chi connectivity index (χ3v) is 13.0. The van der Waals surface area contributed by atoms with E-state index >= 15 is 0 Å². The zero-order valence-electron chi connectivity index (χ0n) is 36.4. The second-order valence-corrected chi connectivity index (χ2v) is 19.0. The summed E-state index contributed by atoms with van der Waals surface area (Å²) >= 11 is 0. The third kappa shape index (κ3) is 6.16. The van der Waals surface area contributed by atoms with Gasteiger partial charge in [-0.25, -0.2) is 0 Å². The smallest absolute Gasteiger partial charge is 0.0541 e. The largest absolute Gasteiger partial charge is 0.309 e. The zero-order valence-corrected chi connectivity index (χ0v) is 36.4. The number of benzene rings is 10. The molecule has 0 saturated carbocycles. The molecule has 300 valence electrons. The normalized spacial score (nSPS) is 12.4. The van der Waals surface area contributed by atoms with Crippen LogP contribution < -0.4 is 4.90 Å². The third-order valence-electron chi connectivity index (χ3n) is 13.0. The minimum absolute atomic E-state index is 0.0151. The molecule has 1 heterocycles. The molecule has 11 aromatic rings. The molecule has 0 aliphatic heterocycles. The molecule has 0 unspecified atom stereocenters. The van der Waals surface area contributed by atoms with Crippen molar-refractivity contribution < 1.29 is 0 Å². The molecule has 0 aliphatic rings. The highest BCUT2D eigenvalue weighted by Crippen LogP contribution is 2.49. The van der Waals surface area contributed by atoms with E-state index < -0.39 is 0 Å². The Labute approximate surface area is 364 Å². The zero-order chi connectivity index (χ0) is 42.3. The summed E-state index contributed by atoms with van der Waals surface area (Å²) in [5.41, 5.74) is 14.5. The molecule has 0 amide bonds. The Morgan fingerprint density at radius 2 is 0.919 bits per heavy atom. The van der Waals surface area contributed by atoms with Crippen molar-refractivity contribution in [1.29, 1.82) is 0 Å². The number of fused-ring (bicyclic) bond motifs is 3. The van der Waals surface area contributed by atoms with Crippen LogP contribution in [-0.2, 0) is 10.8 Å². The summed E-state index contributed by atoms with van der Waals surface area (Å²) in [4.78, 5) is 2.52. The average Bonchev–Trinajstić information content (AvgIpc) is 3.62. The van der Waals surface area contributed by atoms with Gasteiger partial charge in [0.15, 0.2) is 0 Å². The molecule has 2 nitrogen and oxygen atoms in total. The van der Waals surface area contributed by atoms with Crippen molar-refractivity contribution in [3.63, 3.8) is 0 Å². The molecule has 11 rings (SSSR count). The SMILES string of the molecule is CC(C)(C)c1cc(-c2ccccc2N(c2cccc(-c3ccccc3)c2)c2ccc3ccc4c(-n5c6ccccc6c6ccccc65)ccc5ccc2c3c54)cc(C(C)(C)C)c1. The fourth-order valence-corrected chi connectivity index (χ4v) is 9.77. The van der Waals surface area contributed by atoms with Gasteiger partial charge in [0.1, 0.15) is 0 Å². The van der Waals surface area contributed by atoms with Crippen LogP contribution in [-0.4, -0.2) is 4.57 Å². The van der Waals surface area contributed by atoms with Crippen molar-refractivity contribution in [2.75, 3.05) is 4.90 Å². The van der Waals surface area contributed by atoms with Crippen LogP contribution in [0.4, 0.5) is 17.1 Å². The summed E-state index contributed by atoms with van der Waals surface area (Å²) in [5, 5.41) is 10.1. The van der Waals surface area contributed by atoms with Gasteiger partial charge < -0.3 is 9.47 Å². The van der Waals surface area contributed by atoms with E-state index in [0.717, 1.165) is 17.1 Å². The summed E-state index contributed by atoms with van der Waals surface area (Å²) < 4.78 is 2.46. The van der Waals surface area contributed by atoms with Gasteiger partial charge in [0.05, 0.1) is 28.1 Å². The summed E-state index contributed by atoms with van der Waals surface area (Å²) in [6.45, 7) is 13.9. The van der Waals surface area contributed by atoms with E-state index in [-0.39, 0.29) is 10.8 Å². The van der Waals surface area contributed by atoms with Gasteiger partial charge in [-0.05, 0) is 103 Å². The Kier molecular flexibility index (Phi) is 8.67. The molecule has 10 aromatic carbocycles. The molecule has 0 N–H and O–H groups in total. The summed E-state index contributed by atoms with van der Waals surface area (Å²) in [7, 11) is 0. The lowest BCUT2D eigenvalue weighted by molar-refractivity contribution is 0.569. The Bertz CT molecular complexity index is 3400. The van der Waals surface area contributed by atoms with Crippen LogP contribution in [0.5, 0.6) is 0 Å².